The molecule has 1 aromatic heterocycles. The fourth-order valence-electron chi connectivity index (χ4n) is 2.84. The van der Waals surface area contributed by atoms with Crippen molar-refractivity contribution in [2.75, 3.05) is 11.9 Å². The van der Waals surface area contributed by atoms with Gasteiger partial charge in [-0.1, -0.05) is 42.1 Å². The van der Waals surface area contributed by atoms with Crippen LogP contribution in [-0.4, -0.2) is 38.8 Å². The summed E-state index contributed by atoms with van der Waals surface area (Å²) < 4.78 is 82.1. The minimum atomic E-state index is -4.79. The Balaban J connectivity index is 1.82. The van der Waals surface area contributed by atoms with Crippen LogP contribution in [0.1, 0.15) is 12.6 Å². The first-order valence-electron chi connectivity index (χ1n) is 10.2. The van der Waals surface area contributed by atoms with E-state index < -0.39 is 52.2 Å². The first kappa shape index (κ1) is 27.7. The standard InChI is InChI=1S/C22H16F6N4O4S/c1-12(19(33)29-14-7-15(32(34)35)9-16(8-14)36-11-21(23,24)25)37-20-30-17(13-5-3-2-4-6-13)10-18(31-20)22(26,27)28/h2-10,12H,11H2,1H3,(H,29,33). The maximum Gasteiger partial charge on any atom is 0.433 e. The Morgan fingerprint density at radius 2 is 1.76 bits per heavy atom. The number of non-ortho nitro benzene ring substituents is 1. The average molecular weight is 546 g/mol. The Kier molecular flexibility index (Phi) is 8.25. The van der Waals surface area contributed by atoms with Gasteiger partial charge in [0.25, 0.3) is 5.69 Å². The highest BCUT2D eigenvalue weighted by Crippen LogP contribution is 2.33. The van der Waals surface area contributed by atoms with Gasteiger partial charge in [-0.25, -0.2) is 9.97 Å². The highest BCUT2D eigenvalue weighted by atomic mass is 32.2. The largest absolute Gasteiger partial charge is 0.484 e. The second-order valence-electron chi connectivity index (χ2n) is 7.41. The van der Waals surface area contributed by atoms with E-state index in [0.29, 0.717) is 17.3 Å². The van der Waals surface area contributed by atoms with Crippen LogP contribution in [0.5, 0.6) is 5.75 Å². The summed E-state index contributed by atoms with van der Waals surface area (Å²) in [4.78, 5) is 30.5. The Hall–Kier alpha value is -3.88. The number of nitrogens with zero attached hydrogens (tertiary/aromatic N) is 3. The first-order chi connectivity index (χ1) is 17.2. The van der Waals surface area contributed by atoms with Crippen LogP contribution in [0.25, 0.3) is 11.3 Å². The van der Waals surface area contributed by atoms with Gasteiger partial charge in [0.15, 0.2) is 11.8 Å². The van der Waals surface area contributed by atoms with Crippen molar-refractivity contribution in [2.24, 2.45) is 0 Å². The summed E-state index contributed by atoms with van der Waals surface area (Å²) in [7, 11) is 0. The van der Waals surface area contributed by atoms with E-state index in [-0.39, 0.29) is 16.5 Å². The molecule has 1 N–H and O–H groups in total. The smallest absolute Gasteiger partial charge is 0.433 e. The van der Waals surface area contributed by atoms with Gasteiger partial charge in [0.2, 0.25) is 5.91 Å². The number of alkyl halides is 6. The molecule has 0 bridgehead atoms. The van der Waals surface area contributed by atoms with Crippen molar-refractivity contribution in [3.05, 3.63) is 70.4 Å². The fourth-order valence-corrected chi connectivity index (χ4v) is 3.63. The number of rotatable bonds is 8. The van der Waals surface area contributed by atoms with E-state index in [1.54, 1.807) is 30.3 Å². The summed E-state index contributed by atoms with van der Waals surface area (Å²) in [5.41, 5.74) is -1.76. The monoisotopic (exact) mass is 546 g/mol. The van der Waals surface area contributed by atoms with Crippen LogP contribution in [0.3, 0.4) is 0 Å². The summed E-state index contributed by atoms with van der Waals surface area (Å²) in [6.07, 6.45) is -9.49. The third kappa shape index (κ3) is 8.06. The molecule has 1 heterocycles. The second kappa shape index (κ2) is 11.0. The van der Waals surface area contributed by atoms with Gasteiger partial charge >= 0.3 is 12.4 Å². The van der Waals surface area contributed by atoms with Crippen LogP contribution in [0.4, 0.5) is 37.7 Å². The van der Waals surface area contributed by atoms with Gasteiger partial charge in [-0.2, -0.15) is 26.3 Å². The molecule has 0 radical (unpaired) electrons. The Morgan fingerprint density at radius 1 is 1.08 bits per heavy atom. The minimum absolute atomic E-state index is 0.0248. The molecule has 8 nitrogen and oxygen atoms in total. The lowest BCUT2D eigenvalue weighted by molar-refractivity contribution is -0.384. The molecule has 1 unspecified atom stereocenters. The van der Waals surface area contributed by atoms with E-state index in [4.69, 9.17) is 0 Å². The first-order valence-corrected chi connectivity index (χ1v) is 11.1. The zero-order chi connectivity index (χ0) is 27.4. The molecule has 1 amide bonds. The van der Waals surface area contributed by atoms with Crippen molar-refractivity contribution in [2.45, 2.75) is 29.7 Å². The van der Waals surface area contributed by atoms with Gasteiger partial charge in [-0.05, 0) is 13.0 Å². The second-order valence-corrected chi connectivity index (χ2v) is 8.72. The number of amides is 1. The zero-order valence-electron chi connectivity index (χ0n) is 18.6. The lowest BCUT2D eigenvalue weighted by atomic mass is 10.1. The molecule has 3 aromatic rings. The van der Waals surface area contributed by atoms with Gasteiger partial charge in [-0.3, -0.25) is 14.9 Å². The normalized spacial score (nSPS) is 12.6. The Morgan fingerprint density at radius 3 is 2.35 bits per heavy atom. The lowest BCUT2D eigenvalue weighted by Gasteiger charge is -2.15. The molecular formula is C22H16F6N4O4S. The minimum Gasteiger partial charge on any atom is -0.484 e. The maximum absolute atomic E-state index is 13.4. The quantitative estimate of drug-likeness (QED) is 0.119. The Labute approximate surface area is 209 Å². The van der Waals surface area contributed by atoms with Crippen LogP contribution in [0.15, 0.2) is 59.8 Å². The number of hydrogen-bond acceptors (Lipinski definition) is 7. The highest BCUT2D eigenvalue weighted by molar-refractivity contribution is 8.00. The lowest BCUT2D eigenvalue weighted by Crippen LogP contribution is -2.23. The molecule has 3 rings (SSSR count). The van der Waals surface area contributed by atoms with Crippen molar-refractivity contribution in [1.29, 1.82) is 0 Å². The van der Waals surface area contributed by atoms with Crippen molar-refractivity contribution < 1.29 is 40.8 Å². The van der Waals surface area contributed by atoms with E-state index in [2.05, 4.69) is 20.0 Å². The molecular weight excluding hydrogens is 530 g/mol. The number of nitro groups is 1. The summed E-state index contributed by atoms with van der Waals surface area (Å²) in [5, 5.41) is 12.0. The third-order valence-electron chi connectivity index (χ3n) is 4.49. The SMILES string of the molecule is CC(Sc1nc(-c2ccccc2)cc(C(F)(F)F)n1)C(=O)Nc1cc(OCC(F)(F)F)cc([N+](=O)[O-])c1. The predicted molar refractivity (Wildman–Crippen MR) is 121 cm³/mol. The van der Waals surface area contributed by atoms with Gasteiger partial charge < -0.3 is 10.1 Å². The number of aromatic nitrogens is 2. The van der Waals surface area contributed by atoms with Crippen molar-refractivity contribution in [3.63, 3.8) is 0 Å². The van der Waals surface area contributed by atoms with Gasteiger partial charge in [-0.15, -0.1) is 0 Å². The van der Waals surface area contributed by atoms with E-state index in [9.17, 15) is 41.3 Å². The number of carbonyl (C=O) groups is 1. The maximum atomic E-state index is 13.4. The third-order valence-corrected chi connectivity index (χ3v) is 5.45. The molecule has 0 aliphatic heterocycles. The molecule has 0 aliphatic carbocycles. The van der Waals surface area contributed by atoms with Crippen LogP contribution in [0, 0.1) is 10.1 Å². The number of halogens is 6. The van der Waals surface area contributed by atoms with Gasteiger partial charge in [0.1, 0.15) is 11.4 Å². The van der Waals surface area contributed by atoms with Crippen LogP contribution in [0.2, 0.25) is 0 Å². The number of carbonyl (C=O) groups excluding carboxylic acids is 1. The van der Waals surface area contributed by atoms with Crippen LogP contribution in [-0.2, 0) is 11.0 Å². The number of nitro benzene ring substituents is 1. The molecule has 1 atom stereocenters. The number of ether oxygens (including phenoxy) is 1. The number of thioether (sulfide) groups is 1. The van der Waals surface area contributed by atoms with Crippen LogP contribution >= 0.6 is 11.8 Å². The average Bonchev–Trinajstić information content (AvgIpc) is 2.82. The van der Waals surface area contributed by atoms with Crippen molar-refractivity contribution in [1.82, 2.24) is 9.97 Å². The molecule has 196 valence electrons. The highest BCUT2D eigenvalue weighted by Gasteiger charge is 2.34. The fraction of sp³-hybridized carbons (Fsp3) is 0.227. The van der Waals surface area contributed by atoms with E-state index in [1.807, 2.05) is 0 Å². The summed E-state index contributed by atoms with van der Waals surface area (Å²) in [6, 6.07) is 11.4. The molecule has 37 heavy (non-hydrogen) atoms. The predicted octanol–water partition coefficient (Wildman–Crippen LogP) is 6.13. The molecule has 15 heteroatoms. The molecule has 0 spiro atoms. The number of nitrogens with one attached hydrogen (secondary N) is 1. The number of benzene rings is 2. The topological polar surface area (TPSA) is 107 Å². The summed E-state index contributed by atoms with van der Waals surface area (Å²) in [6.45, 7) is -0.394. The van der Waals surface area contributed by atoms with Gasteiger partial charge in [0.05, 0.1) is 27.6 Å². The zero-order valence-corrected chi connectivity index (χ0v) is 19.4. The number of hydrogen-bond donors (Lipinski definition) is 1. The summed E-state index contributed by atoms with van der Waals surface area (Å²) >= 11 is 0.590. The molecule has 0 saturated heterocycles. The molecule has 0 aliphatic rings. The van der Waals surface area contributed by atoms with E-state index in [1.165, 1.54) is 6.92 Å². The summed E-state index contributed by atoms with van der Waals surface area (Å²) in [5.74, 6) is -1.34. The molecule has 2 aromatic carbocycles. The van der Waals surface area contributed by atoms with E-state index >= 15 is 0 Å². The van der Waals surface area contributed by atoms with Crippen molar-refractivity contribution in [3.8, 4) is 17.0 Å². The molecule has 0 fully saturated rings. The van der Waals surface area contributed by atoms with Crippen LogP contribution < -0.4 is 10.1 Å². The van der Waals surface area contributed by atoms with Gasteiger partial charge in [0, 0.05) is 17.7 Å². The number of anilines is 1. The van der Waals surface area contributed by atoms with Crippen molar-refractivity contribution >= 4 is 29.0 Å². The molecule has 0 saturated carbocycles. The van der Waals surface area contributed by atoms with E-state index in [0.717, 1.165) is 24.3 Å². The Bertz CT molecular complexity index is 1290.